The van der Waals surface area contributed by atoms with Crippen LogP contribution < -0.4 is 16.0 Å². The van der Waals surface area contributed by atoms with Crippen molar-refractivity contribution in [1.29, 1.82) is 0 Å². The summed E-state index contributed by atoms with van der Waals surface area (Å²) in [6, 6.07) is 1.84. The van der Waals surface area contributed by atoms with Crippen LogP contribution in [-0.4, -0.2) is 30.5 Å². The number of aromatic nitrogens is 1. The monoisotopic (exact) mass is 206 g/mol. The second kappa shape index (κ2) is 4.16. The number of nitrogen functional groups attached to an aromatic ring is 1. The number of amides is 1. The number of carbonyl (C=O) groups excluding carboxylic acids is 1. The van der Waals surface area contributed by atoms with E-state index in [9.17, 15) is 4.79 Å². The highest BCUT2D eigenvalue weighted by atomic mass is 16.2. The maximum atomic E-state index is 11.3. The SMILES string of the molecule is Nc1cncc(N2CCCNC(=O)C2)c1. The minimum Gasteiger partial charge on any atom is -0.397 e. The molecule has 2 heterocycles. The quantitative estimate of drug-likeness (QED) is 0.678. The van der Waals surface area contributed by atoms with E-state index in [2.05, 4.69) is 10.3 Å². The van der Waals surface area contributed by atoms with Crippen molar-refractivity contribution in [3.63, 3.8) is 0 Å². The van der Waals surface area contributed by atoms with Crippen LogP contribution >= 0.6 is 0 Å². The Morgan fingerprint density at radius 1 is 1.47 bits per heavy atom. The van der Waals surface area contributed by atoms with Crippen LogP contribution in [0.3, 0.4) is 0 Å². The highest BCUT2D eigenvalue weighted by Gasteiger charge is 2.14. The van der Waals surface area contributed by atoms with Gasteiger partial charge in [0.2, 0.25) is 5.91 Å². The van der Waals surface area contributed by atoms with Crippen LogP contribution in [0.2, 0.25) is 0 Å². The second-order valence-electron chi connectivity index (χ2n) is 3.60. The van der Waals surface area contributed by atoms with Gasteiger partial charge >= 0.3 is 0 Å². The van der Waals surface area contributed by atoms with E-state index in [0.717, 1.165) is 25.2 Å². The average Bonchev–Trinajstić information content (AvgIpc) is 2.43. The lowest BCUT2D eigenvalue weighted by atomic mass is 10.3. The van der Waals surface area contributed by atoms with E-state index >= 15 is 0 Å². The number of nitrogens with two attached hydrogens (primary N) is 1. The molecule has 0 atom stereocenters. The molecule has 0 bridgehead atoms. The van der Waals surface area contributed by atoms with E-state index in [-0.39, 0.29) is 5.91 Å². The molecule has 15 heavy (non-hydrogen) atoms. The van der Waals surface area contributed by atoms with Gasteiger partial charge in [-0.25, -0.2) is 0 Å². The Morgan fingerprint density at radius 3 is 3.13 bits per heavy atom. The first-order chi connectivity index (χ1) is 7.25. The fourth-order valence-corrected chi connectivity index (χ4v) is 1.64. The predicted octanol–water partition coefficient (Wildman–Crippen LogP) is -0.00990. The summed E-state index contributed by atoms with van der Waals surface area (Å²) in [6.07, 6.45) is 4.27. The molecule has 1 aromatic heterocycles. The van der Waals surface area contributed by atoms with E-state index < -0.39 is 0 Å². The summed E-state index contributed by atoms with van der Waals surface area (Å²) in [4.78, 5) is 17.4. The molecule has 0 saturated carbocycles. The molecule has 0 aromatic carbocycles. The van der Waals surface area contributed by atoms with Crippen molar-refractivity contribution in [2.75, 3.05) is 30.3 Å². The van der Waals surface area contributed by atoms with E-state index in [1.807, 2.05) is 11.0 Å². The first-order valence-corrected chi connectivity index (χ1v) is 4.98. The zero-order valence-corrected chi connectivity index (χ0v) is 8.44. The van der Waals surface area contributed by atoms with E-state index in [1.165, 1.54) is 0 Å². The van der Waals surface area contributed by atoms with Crippen LogP contribution in [0.1, 0.15) is 6.42 Å². The molecule has 3 N–H and O–H groups in total. The standard InChI is InChI=1S/C10H14N4O/c11-8-4-9(6-12-5-8)14-3-1-2-13-10(15)7-14/h4-6H,1-3,7,11H2,(H,13,15). The Balaban J connectivity index is 2.18. The fraction of sp³-hybridized carbons (Fsp3) is 0.400. The third-order valence-corrected chi connectivity index (χ3v) is 2.37. The Bertz CT molecular complexity index is 366. The molecule has 1 saturated heterocycles. The Kier molecular flexibility index (Phi) is 2.71. The maximum Gasteiger partial charge on any atom is 0.239 e. The predicted molar refractivity (Wildman–Crippen MR) is 58.5 cm³/mol. The lowest BCUT2D eigenvalue weighted by molar-refractivity contribution is -0.119. The minimum atomic E-state index is 0.0509. The first-order valence-electron chi connectivity index (χ1n) is 4.98. The van der Waals surface area contributed by atoms with Crippen molar-refractivity contribution in [2.45, 2.75) is 6.42 Å². The van der Waals surface area contributed by atoms with Crippen LogP contribution in [-0.2, 0) is 4.79 Å². The van der Waals surface area contributed by atoms with Crippen LogP contribution in [0.5, 0.6) is 0 Å². The van der Waals surface area contributed by atoms with Gasteiger partial charge in [-0.2, -0.15) is 0 Å². The number of rotatable bonds is 1. The van der Waals surface area contributed by atoms with Gasteiger partial charge in [-0.1, -0.05) is 0 Å². The Hall–Kier alpha value is -1.78. The largest absolute Gasteiger partial charge is 0.397 e. The van der Waals surface area contributed by atoms with Crippen molar-refractivity contribution in [3.8, 4) is 0 Å². The van der Waals surface area contributed by atoms with Crippen LogP contribution in [0.4, 0.5) is 11.4 Å². The van der Waals surface area contributed by atoms with Crippen LogP contribution in [0.15, 0.2) is 18.5 Å². The number of carbonyl (C=O) groups is 1. The van der Waals surface area contributed by atoms with Gasteiger partial charge < -0.3 is 16.0 Å². The van der Waals surface area contributed by atoms with Gasteiger partial charge in [-0.05, 0) is 12.5 Å². The van der Waals surface area contributed by atoms with Crippen LogP contribution in [0.25, 0.3) is 0 Å². The van der Waals surface area contributed by atoms with Crippen molar-refractivity contribution >= 4 is 17.3 Å². The molecule has 1 amide bonds. The normalized spacial score (nSPS) is 17.1. The van der Waals surface area contributed by atoms with Gasteiger partial charge in [-0.3, -0.25) is 9.78 Å². The smallest absolute Gasteiger partial charge is 0.239 e. The molecule has 0 aliphatic carbocycles. The van der Waals surface area contributed by atoms with Crippen molar-refractivity contribution in [2.24, 2.45) is 0 Å². The molecule has 0 spiro atoms. The van der Waals surface area contributed by atoms with Gasteiger partial charge in [-0.15, -0.1) is 0 Å². The van der Waals surface area contributed by atoms with Gasteiger partial charge in [0.15, 0.2) is 0 Å². The summed E-state index contributed by atoms with van der Waals surface area (Å²) >= 11 is 0. The number of pyridine rings is 1. The molecule has 0 unspecified atom stereocenters. The van der Waals surface area contributed by atoms with E-state index in [1.54, 1.807) is 12.4 Å². The summed E-state index contributed by atoms with van der Waals surface area (Å²) < 4.78 is 0. The lowest BCUT2D eigenvalue weighted by Gasteiger charge is -2.20. The number of nitrogens with one attached hydrogen (secondary N) is 1. The highest BCUT2D eigenvalue weighted by molar-refractivity contribution is 5.81. The summed E-state index contributed by atoms with van der Waals surface area (Å²) in [7, 11) is 0. The van der Waals surface area contributed by atoms with Crippen molar-refractivity contribution in [3.05, 3.63) is 18.5 Å². The molecule has 0 radical (unpaired) electrons. The molecular weight excluding hydrogens is 192 g/mol. The summed E-state index contributed by atoms with van der Waals surface area (Å²) in [5.41, 5.74) is 7.18. The average molecular weight is 206 g/mol. The van der Waals surface area contributed by atoms with Crippen LogP contribution in [0, 0.1) is 0 Å². The molecule has 2 rings (SSSR count). The van der Waals surface area contributed by atoms with Gasteiger partial charge in [0.1, 0.15) is 0 Å². The maximum absolute atomic E-state index is 11.3. The summed E-state index contributed by atoms with van der Waals surface area (Å²) in [5.74, 6) is 0.0509. The molecule has 1 aliphatic heterocycles. The molecule has 5 heteroatoms. The number of hydrogen-bond donors (Lipinski definition) is 2. The van der Waals surface area contributed by atoms with Gasteiger partial charge in [0, 0.05) is 19.3 Å². The molecule has 1 fully saturated rings. The summed E-state index contributed by atoms with van der Waals surface area (Å²) in [5, 5.41) is 2.83. The highest BCUT2D eigenvalue weighted by Crippen LogP contribution is 2.16. The topological polar surface area (TPSA) is 71.2 Å². The first kappa shape index (κ1) is 9.76. The third kappa shape index (κ3) is 2.37. The summed E-state index contributed by atoms with van der Waals surface area (Å²) in [6.45, 7) is 1.97. The molecule has 80 valence electrons. The van der Waals surface area contributed by atoms with Gasteiger partial charge in [0.05, 0.1) is 24.1 Å². The molecule has 1 aliphatic rings. The Morgan fingerprint density at radius 2 is 2.33 bits per heavy atom. The van der Waals surface area contributed by atoms with E-state index in [0.29, 0.717) is 12.2 Å². The zero-order chi connectivity index (χ0) is 10.7. The number of nitrogens with zero attached hydrogens (tertiary/aromatic N) is 2. The van der Waals surface area contributed by atoms with E-state index in [4.69, 9.17) is 5.73 Å². The number of anilines is 2. The third-order valence-electron chi connectivity index (χ3n) is 2.37. The van der Waals surface area contributed by atoms with Gasteiger partial charge in [0.25, 0.3) is 0 Å². The second-order valence-corrected chi connectivity index (χ2v) is 3.60. The lowest BCUT2D eigenvalue weighted by Crippen LogP contribution is -2.33. The Labute approximate surface area is 88.3 Å². The number of hydrogen-bond acceptors (Lipinski definition) is 4. The fourth-order valence-electron chi connectivity index (χ4n) is 1.64. The molecule has 5 nitrogen and oxygen atoms in total. The molecule has 1 aromatic rings. The minimum absolute atomic E-state index is 0.0509. The van der Waals surface area contributed by atoms with Crippen molar-refractivity contribution < 1.29 is 4.79 Å². The molecular formula is C10H14N4O. The zero-order valence-electron chi connectivity index (χ0n) is 8.44. The van der Waals surface area contributed by atoms with Crippen molar-refractivity contribution in [1.82, 2.24) is 10.3 Å².